The molecule has 0 spiro atoms. The van der Waals surface area contributed by atoms with Crippen LogP contribution >= 0.6 is 38.5 Å². The molecule has 0 N–H and O–H groups in total. The van der Waals surface area contributed by atoms with Gasteiger partial charge in [0.2, 0.25) is 0 Å². The summed E-state index contributed by atoms with van der Waals surface area (Å²) in [6.07, 6.45) is 0. The van der Waals surface area contributed by atoms with Crippen molar-refractivity contribution in [3.8, 4) is 0 Å². The SMILES string of the molecule is Cc1c(I)cc([N+](=O)[O-])cc1C(=O)CBr. The Bertz CT molecular complexity index is 434. The molecule has 6 heteroatoms. The molecular formula is C9H7BrINO3. The Hall–Kier alpha value is -0.500. The first-order valence-corrected chi connectivity index (χ1v) is 6.21. The van der Waals surface area contributed by atoms with Gasteiger partial charge in [-0.05, 0) is 35.1 Å². The molecule has 0 bridgehead atoms. The van der Waals surface area contributed by atoms with E-state index in [1.807, 2.05) is 22.6 Å². The summed E-state index contributed by atoms with van der Waals surface area (Å²) in [4.78, 5) is 21.6. The quantitative estimate of drug-likeness (QED) is 0.265. The summed E-state index contributed by atoms with van der Waals surface area (Å²) < 4.78 is 0.728. The van der Waals surface area contributed by atoms with Crippen LogP contribution in [0, 0.1) is 20.6 Å². The number of nitro groups is 1. The number of hydrogen-bond acceptors (Lipinski definition) is 3. The van der Waals surface area contributed by atoms with Crippen LogP contribution < -0.4 is 0 Å². The van der Waals surface area contributed by atoms with E-state index in [-0.39, 0.29) is 16.8 Å². The number of carbonyl (C=O) groups excluding carboxylic acids is 1. The van der Waals surface area contributed by atoms with Gasteiger partial charge in [-0.2, -0.15) is 0 Å². The van der Waals surface area contributed by atoms with E-state index in [0.717, 1.165) is 9.13 Å². The third-order valence-corrected chi connectivity index (χ3v) is 3.59. The van der Waals surface area contributed by atoms with E-state index in [4.69, 9.17) is 0 Å². The molecule has 0 aliphatic rings. The first kappa shape index (κ1) is 12.6. The highest BCUT2D eigenvalue weighted by Gasteiger charge is 2.16. The monoisotopic (exact) mass is 383 g/mol. The van der Waals surface area contributed by atoms with Gasteiger partial charge in [0.25, 0.3) is 5.69 Å². The van der Waals surface area contributed by atoms with Crippen LogP contribution in [0.1, 0.15) is 15.9 Å². The van der Waals surface area contributed by atoms with Crippen LogP contribution in [0.3, 0.4) is 0 Å². The molecule has 0 saturated carbocycles. The maximum absolute atomic E-state index is 11.5. The Kier molecular flexibility index (Phi) is 4.21. The summed E-state index contributed by atoms with van der Waals surface area (Å²) in [5.41, 5.74) is 1.14. The van der Waals surface area contributed by atoms with Crippen LogP contribution in [-0.2, 0) is 0 Å². The van der Waals surface area contributed by atoms with Crippen LogP contribution in [0.4, 0.5) is 5.69 Å². The van der Waals surface area contributed by atoms with Crippen molar-refractivity contribution in [2.75, 3.05) is 5.33 Å². The number of nitrogens with zero attached hydrogens (tertiary/aromatic N) is 1. The molecule has 0 aliphatic carbocycles. The molecule has 1 rings (SSSR count). The molecule has 0 heterocycles. The Labute approximate surface area is 108 Å². The van der Waals surface area contributed by atoms with E-state index in [1.54, 1.807) is 6.92 Å². The van der Waals surface area contributed by atoms with E-state index in [2.05, 4.69) is 15.9 Å². The number of carbonyl (C=O) groups is 1. The molecule has 0 radical (unpaired) electrons. The summed E-state index contributed by atoms with van der Waals surface area (Å²) in [6.45, 7) is 1.78. The maximum Gasteiger partial charge on any atom is 0.271 e. The average Bonchev–Trinajstić information content (AvgIpc) is 2.20. The topological polar surface area (TPSA) is 60.2 Å². The fourth-order valence-corrected chi connectivity index (χ4v) is 2.04. The Morgan fingerprint density at radius 2 is 2.20 bits per heavy atom. The van der Waals surface area contributed by atoms with Gasteiger partial charge in [0.1, 0.15) is 0 Å². The average molecular weight is 384 g/mol. The number of ketones is 1. The lowest BCUT2D eigenvalue weighted by atomic mass is 10.1. The maximum atomic E-state index is 11.5. The lowest BCUT2D eigenvalue weighted by molar-refractivity contribution is -0.385. The lowest BCUT2D eigenvalue weighted by Crippen LogP contribution is -2.05. The highest BCUT2D eigenvalue weighted by Crippen LogP contribution is 2.24. The molecule has 4 nitrogen and oxygen atoms in total. The number of Topliss-reactive ketones (excluding diaryl/α,β-unsaturated/α-hetero) is 1. The van der Waals surface area contributed by atoms with Gasteiger partial charge < -0.3 is 0 Å². The third kappa shape index (κ3) is 2.75. The van der Waals surface area contributed by atoms with E-state index < -0.39 is 4.92 Å². The van der Waals surface area contributed by atoms with E-state index in [0.29, 0.717) is 5.56 Å². The zero-order valence-corrected chi connectivity index (χ0v) is 11.5. The standard InChI is InChI=1S/C9H7BrINO3/c1-5-7(9(13)4-10)2-6(12(14)15)3-8(5)11/h2-3H,4H2,1H3. The van der Waals surface area contributed by atoms with E-state index in [1.165, 1.54) is 12.1 Å². The van der Waals surface area contributed by atoms with Gasteiger partial charge in [-0.25, -0.2) is 0 Å². The van der Waals surface area contributed by atoms with Crippen molar-refractivity contribution in [2.24, 2.45) is 0 Å². The van der Waals surface area contributed by atoms with Crippen molar-refractivity contribution in [1.29, 1.82) is 0 Å². The zero-order chi connectivity index (χ0) is 11.6. The molecular weight excluding hydrogens is 377 g/mol. The van der Waals surface area contributed by atoms with Crippen molar-refractivity contribution in [3.63, 3.8) is 0 Å². The van der Waals surface area contributed by atoms with E-state index >= 15 is 0 Å². The van der Waals surface area contributed by atoms with Crippen LogP contribution in [0.15, 0.2) is 12.1 Å². The van der Waals surface area contributed by atoms with Crippen molar-refractivity contribution in [3.05, 3.63) is 36.9 Å². The number of non-ortho nitro benzene ring substituents is 1. The van der Waals surface area contributed by atoms with Gasteiger partial charge in [0.05, 0.1) is 10.3 Å². The van der Waals surface area contributed by atoms with Crippen LogP contribution in [0.2, 0.25) is 0 Å². The first-order valence-electron chi connectivity index (χ1n) is 4.01. The van der Waals surface area contributed by atoms with Crippen LogP contribution in [0.25, 0.3) is 0 Å². The van der Waals surface area contributed by atoms with Gasteiger partial charge in [-0.15, -0.1) is 0 Å². The molecule has 0 amide bonds. The Morgan fingerprint density at radius 1 is 1.60 bits per heavy atom. The van der Waals surface area contributed by atoms with Crippen molar-refractivity contribution in [1.82, 2.24) is 0 Å². The second-order valence-corrected chi connectivity index (χ2v) is 4.64. The highest BCUT2D eigenvalue weighted by atomic mass is 127. The van der Waals surface area contributed by atoms with Crippen LogP contribution in [0.5, 0.6) is 0 Å². The number of halogens is 2. The molecule has 80 valence electrons. The normalized spacial score (nSPS) is 10.1. The van der Waals surface area contributed by atoms with Gasteiger partial charge in [-0.1, -0.05) is 15.9 Å². The zero-order valence-electron chi connectivity index (χ0n) is 7.79. The highest BCUT2D eigenvalue weighted by molar-refractivity contribution is 14.1. The summed E-state index contributed by atoms with van der Waals surface area (Å²) in [6, 6.07) is 2.78. The lowest BCUT2D eigenvalue weighted by Gasteiger charge is -2.05. The molecule has 0 atom stereocenters. The largest absolute Gasteiger partial charge is 0.293 e. The van der Waals surface area contributed by atoms with E-state index in [9.17, 15) is 14.9 Å². The van der Waals surface area contributed by atoms with Crippen molar-refractivity contribution < 1.29 is 9.72 Å². The molecule has 0 fully saturated rings. The summed E-state index contributed by atoms with van der Waals surface area (Å²) >= 11 is 5.04. The van der Waals surface area contributed by atoms with Crippen LogP contribution in [-0.4, -0.2) is 16.0 Å². The third-order valence-electron chi connectivity index (χ3n) is 1.96. The smallest absolute Gasteiger partial charge is 0.271 e. The minimum absolute atomic E-state index is 0.0469. The predicted molar refractivity (Wildman–Crippen MR) is 68.7 cm³/mol. The number of rotatable bonds is 3. The Balaban J connectivity index is 3.37. The summed E-state index contributed by atoms with van der Waals surface area (Å²) in [5, 5.41) is 10.8. The predicted octanol–water partition coefficient (Wildman–Crippen LogP) is 3.09. The summed E-state index contributed by atoms with van der Waals surface area (Å²) in [5.74, 6) is -0.144. The second-order valence-electron chi connectivity index (χ2n) is 2.91. The number of hydrogen-bond donors (Lipinski definition) is 0. The molecule has 0 aliphatic heterocycles. The molecule has 0 aromatic heterocycles. The fourth-order valence-electron chi connectivity index (χ4n) is 1.13. The molecule has 1 aromatic rings. The molecule has 1 aromatic carbocycles. The fraction of sp³-hybridized carbons (Fsp3) is 0.222. The number of nitro benzene ring substituents is 1. The van der Waals surface area contributed by atoms with Crippen molar-refractivity contribution >= 4 is 50.0 Å². The van der Waals surface area contributed by atoms with Gasteiger partial charge in [0, 0.05) is 21.3 Å². The second kappa shape index (κ2) is 5.02. The minimum atomic E-state index is -0.493. The first-order chi connectivity index (χ1) is 6.97. The molecule has 0 saturated heterocycles. The summed E-state index contributed by atoms with van der Waals surface area (Å²) in [7, 11) is 0. The molecule has 15 heavy (non-hydrogen) atoms. The van der Waals surface area contributed by atoms with Gasteiger partial charge >= 0.3 is 0 Å². The number of benzene rings is 1. The Morgan fingerprint density at radius 3 is 2.67 bits per heavy atom. The van der Waals surface area contributed by atoms with Crippen molar-refractivity contribution in [2.45, 2.75) is 6.92 Å². The minimum Gasteiger partial charge on any atom is -0.293 e. The van der Waals surface area contributed by atoms with Gasteiger partial charge in [0.15, 0.2) is 5.78 Å². The van der Waals surface area contributed by atoms with Gasteiger partial charge in [-0.3, -0.25) is 14.9 Å². The number of alkyl halides is 1. The molecule has 0 unspecified atom stereocenters.